The first-order chi connectivity index (χ1) is 12.0. The minimum atomic E-state index is -0.951. The zero-order chi connectivity index (χ0) is 18.4. The molecular formula is C19H22F2N2O2. The van der Waals surface area contributed by atoms with Gasteiger partial charge in [0.1, 0.15) is 6.10 Å². The van der Waals surface area contributed by atoms with Crippen LogP contribution in [0.4, 0.5) is 8.78 Å². The highest BCUT2D eigenvalue weighted by molar-refractivity contribution is 5.81. The lowest BCUT2D eigenvalue weighted by Gasteiger charge is -2.33. The van der Waals surface area contributed by atoms with Crippen LogP contribution in [0.15, 0.2) is 42.7 Å². The van der Waals surface area contributed by atoms with Crippen LogP contribution >= 0.6 is 0 Å². The number of pyridine rings is 1. The van der Waals surface area contributed by atoms with Gasteiger partial charge in [-0.15, -0.1) is 0 Å². The average molecular weight is 348 g/mol. The molecule has 6 heteroatoms. The van der Waals surface area contributed by atoms with Crippen LogP contribution in [0, 0.1) is 11.6 Å². The number of nitrogens with zero attached hydrogens (tertiary/aromatic N) is 2. The molecule has 25 heavy (non-hydrogen) atoms. The van der Waals surface area contributed by atoms with Crippen molar-refractivity contribution in [2.75, 3.05) is 13.2 Å². The lowest BCUT2D eigenvalue weighted by atomic mass is 9.97. The van der Waals surface area contributed by atoms with E-state index in [2.05, 4.69) is 4.98 Å². The fourth-order valence-electron chi connectivity index (χ4n) is 2.79. The second kappa shape index (κ2) is 8.67. The number of hydrogen-bond donors (Lipinski definition) is 0. The number of likely N-dealkylation sites (N-methyl/N-ethyl adjacent to an activating group) is 1. The number of amides is 1. The minimum Gasteiger partial charge on any atom is -0.369 e. The highest BCUT2D eigenvalue weighted by Gasteiger charge is 2.29. The van der Waals surface area contributed by atoms with Crippen LogP contribution in [-0.4, -0.2) is 35.0 Å². The molecule has 0 N–H and O–H groups in total. The highest BCUT2D eigenvalue weighted by Crippen LogP contribution is 2.30. The first kappa shape index (κ1) is 19.0. The van der Waals surface area contributed by atoms with Gasteiger partial charge in [0.25, 0.3) is 5.91 Å². The Hall–Kier alpha value is -2.34. The summed E-state index contributed by atoms with van der Waals surface area (Å²) in [4.78, 5) is 18.5. The number of carbonyl (C=O) groups is 1. The van der Waals surface area contributed by atoms with Gasteiger partial charge >= 0.3 is 0 Å². The summed E-state index contributed by atoms with van der Waals surface area (Å²) in [5, 5.41) is 0. The lowest BCUT2D eigenvalue weighted by molar-refractivity contribution is -0.144. The van der Waals surface area contributed by atoms with Crippen molar-refractivity contribution in [3.63, 3.8) is 0 Å². The van der Waals surface area contributed by atoms with Crippen LogP contribution < -0.4 is 0 Å². The number of aromatic nitrogens is 1. The maximum atomic E-state index is 13.8. The van der Waals surface area contributed by atoms with E-state index in [1.807, 2.05) is 13.8 Å². The highest BCUT2D eigenvalue weighted by atomic mass is 19.2. The number of halogens is 2. The number of rotatable bonds is 7. The summed E-state index contributed by atoms with van der Waals surface area (Å²) in [5.74, 6) is -2.10. The second-order valence-corrected chi connectivity index (χ2v) is 5.58. The molecule has 0 radical (unpaired) electrons. The van der Waals surface area contributed by atoms with Crippen molar-refractivity contribution < 1.29 is 18.3 Å². The minimum absolute atomic E-state index is 0.220. The molecule has 0 fully saturated rings. The van der Waals surface area contributed by atoms with Gasteiger partial charge in [0.15, 0.2) is 11.6 Å². The molecule has 1 heterocycles. The predicted octanol–water partition coefficient (Wildman–Crippen LogP) is 3.72. The molecule has 0 unspecified atom stereocenters. The summed E-state index contributed by atoms with van der Waals surface area (Å²) in [6, 6.07) is 6.64. The Kier molecular flexibility index (Phi) is 6.58. The summed E-state index contributed by atoms with van der Waals surface area (Å²) in [7, 11) is 0. The van der Waals surface area contributed by atoms with E-state index >= 15 is 0 Å². The van der Waals surface area contributed by atoms with Gasteiger partial charge in [0.2, 0.25) is 0 Å². The van der Waals surface area contributed by atoms with Gasteiger partial charge in [-0.3, -0.25) is 9.78 Å². The van der Waals surface area contributed by atoms with Crippen molar-refractivity contribution >= 4 is 5.91 Å². The second-order valence-electron chi connectivity index (χ2n) is 5.58. The molecule has 0 bridgehead atoms. The Balaban J connectivity index is 2.49. The fourth-order valence-corrected chi connectivity index (χ4v) is 2.79. The van der Waals surface area contributed by atoms with E-state index in [9.17, 15) is 13.6 Å². The van der Waals surface area contributed by atoms with Crippen molar-refractivity contribution in [2.24, 2.45) is 0 Å². The SMILES string of the molecule is CCO[C@H](C)C(=O)N(CC)[C@H](c1cccnc1)c1ccc(F)c(F)c1. The standard InChI is InChI=1S/C19H22F2N2O2/c1-4-23(19(24)13(3)25-5-2)18(15-7-6-10-22-12-15)14-8-9-16(20)17(21)11-14/h6-13,18H,4-5H2,1-3H3/t13-,18+/m1/s1. The summed E-state index contributed by atoms with van der Waals surface area (Å²) >= 11 is 0. The van der Waals surface area contributed by atoms with Gasteiger partial charge in [-0.25, -0.2) is 8.78 Å². The van der Waals surface area contributed by atoms with Crippen molar-refractivity contribution in [2.45, 2.75) is 32.9 Å². The molecule has 4 nitrogen and oxygen atoms in total. The van der Waals surface area contributed by atoms with Crippen LogP contribution in [0.3, 0.4) is 0 Å². The molecule has 1 aromatic carbocycles. The van der Waals surface area contributed by atoms with Crippen LogP contribution in [0.5, 0.6) is 0 Å². The summed E-state index contributed by atoms with van der Waals surface area (Å²) in [6.07, 6.45) is 2.61. The van der Waals surface area contributed by atoms with Crippen LogP contribution in [0.25, 0.3) is 0 Å². The fraction of sp³-hybridized carbons (Fsp3) is 0.368. The number of ether oxygens (including phenoxy) is 1. The first-order valence-corrected chi connectivity index (χ1v) is 8.26. The zero-order valence-electron chi connectivity index (χ0n) is 14.6. The predicted molar refractivity (Wildman–Crippen MR) is 90.9 cm³/mol. The molecule has 2 aromatic rings. The Morgan fingerprint density at radius 2 is 1.96 bits per heavy atom. The lowest BCUT2D eigenvalue weighted by Crippen LogP contribution is -2.42. The van der Waals surface area contributed by atoms with Gasteiger partial charge in [-0.2, -0.15) is 0 Å². The molecule has 0 aliphatic rings. The molecule has 0 saturated heterocycles. The monoisotopic (exact) mass is 348 g/mol. The molecule has 0 aliphatic heterocycles. The smallest absolute Gasteiger partial charge is 0.252 e. The van der Waals surface area contributed by atoms with Crippen LogP contribution in [-0.2, 0) is 9.53 Å². The van der Waals surface area contributed by atoms with Crippen LogP contribution in [0.1, 0.15) is 37.9 Å². The molecular weight excluding hydrogens is 326 g/mol. The Labute approximate surface area is 146 Å². The largest absolute Gasteiger partial charge is 0.369 e. The topological polar surface area (TPSA) is 42.4 Å². The molecule has 134 valence electrons. The first-order valence-electron chi connectivity index (χ1n) is 8.26. The molecule has 0 spiro atoms. The molecule has 1 aromatic heterocycles. The van der Waals surface area contributed by atoms with Crippen molar-refractivity contribution in [1.82, 2.24) is 9.88 Å². The number of hydrogen-bond acceptors (Lipinski definition) is 3. The maximum absolute atomic E-state index is 13.8. The molecule has 0 aliphatic carbocycles. The van der Waals surface area contributed by atoms with E-state index in [0.717, 1.165) is 12.1 Å². The van der Waals surface area contributed by atoms with Gasteiger partial charge < -0.3 is 9.64 Å². The van der Waals surface area contributed by atoms with Gasteiger partial charge in [-0.1, -0.05) is 12.1 Å². The Morgan fingerprint density at radius 3 is 2.52 bits per heavy atom. The van der Waals surface area contributed by atoms with Crippen molar-refractivity contribution in [1.29, 1.82) is 0 Å². The van der Waals surface area contributed by atoms with E-state index in [-0.39, 0.29) is 5.91 Å². The van der Waals surface area contributed by atoms with E-state index in [1.54, 1.807) is 36.4 Å². The van der Waals surface area contributed by atoms with E-state index in [4.69, 9.17) is 4.74 Å². The molecule has 1 amide bonds. The average Bonchev–Trinajstić information content (AvgIpc) is 2.62. The van der Waals surface area contributed by atoms with Gasteiger partial charge in [0.05, 0.1) is 6.04 Å². The third-order valence-electron chi connectivity index (χ3n) is 3.96. The summed E-state index contributed by atoms with van der Waals surface area (Å²) < 4.78 is 32.5. The zero-order valence-corrected chi connectivity index (χ0v) is 14.6. The van der Waals surface area contributed by atoms with Crippen molar-refractivity contribution in [3.8, 4) is 0 Å². The number of benzene rings is 1. The van der Waals surface area contributed by atoms with Crippen molar-refractivity contribution in [3.05, 3.63) is 65.5 Å². The molecule has 2 rings (SSSR count). The van der Waals surface area contributed by atoms with E-state index in [0.29, 0.717) is 24.3 Å². The third kappa shape index (κ3) is 4.39. The Morgan fingerprint density at radius 1 is 1.20 bits per heavy atom. The van der Waals surface area contributed by atoms with Gasteiger partial charge in [0, 0.05) is 25.5 Å². The Bertz CT molecular complexity index is 710. The van der Waals surface area contributed by atoms with E-state index in [1.165, 1.54) is 6.07 Å². The van der Waals surface area contributed by atoms with E-state index < -0.39 is 23.8 Å². The molecule has 0 saturated carbocycles. The number of carbonyl (C=O) groups excluding carboxylic acids is 1. The quantitative estimate of drug-likeness (QED) is 0.766. The summed E-state index contributed by atoms with van der Waals surface area (Å²) in [5.41, 5.74) is 1.19. The molecule has 2 atom stereocenters. The maximum Gasteiger partial charge on any atom is 0.252 e. The van der Waals surface area contributed by atoms with Crippen LogP contribution in [0.2, 0.25) is 0 Å². The van der Waals surface area contributed by atoms with Gasteiger partial charge in [-0.05, 0) is 50.1 Å². The third-order valence-corrected chi connectivity index (χ3v) is 3.96. The normalized spacial score (nSPS) is 13.3. The summed E-state index contributed by atoms with van der Waals surface area (Å²) in [6.45, 7) is 6.12.